The van der Waals surface area contributed by atoms with Crippen LogP contribution in [0.3, 0.4) is 0 Å². The van der Waals surface area contributed by atoms with Crippen molar-refractivity contribution in [3.8, 4) is 0 Å². The van der Waals surface area contributed by atoms with Gasteiger partial charge in [0, 0.05) is 130 Å². The molecule has 0 atom stereocenters. The van der Waals surface area contributed by atoms with Crippen LogP contribution in [0.15, 0.2) is 72.5 Å². The molecule has 4 aliphatic rings. The molecule has 7 heteroatoms. The molecule has 2 fully saturated rings. The maximum Gasteiger partial charge on any atom is 0.209 e. The summed E-state index contributed by atoms with van der Waals surface area (Å²) in [5, 5.41) is 0. The van der Waals surface area contributed by atoms with Crippen molar-refractivity contribution in [1.82, 2.24) is 0 Å². The van der Waals surface area contributed by atoms with Crippen LogP contribution in [0.25, 0.3) is 0 Å². The Labute approximate surface area is 323 Å². The Bertz CT molecular complexity index is 1420. The monoisotopic (exact) mass is 1130 g/mol. The van der Waals surface area contributed by atoms with E-state index in [2.05, 4.69) is 118 Å². The summed E-state index contributed by atoms with van der Waals surface area (Å²) < 4.78 is 5.16. The van der Waals surface area contributed by atoms with Gasteiger partial charge in [-0.25, -0.2) is 0 Å². The van der Waals surface area contributed by atoms with Crippen molar-refractivity contribution in [3.05, 3.63) is 83.6 Å². The van der Waals surface area contributed by atoms with Gasteiger partial charge in [-0.05, 0) is 59.2 Å². The Morgan fingerprint density at radius 2 is 1.17 bits per heavy atom. The number of quaternary nitrogens is 2. The first-order valence-corrected chi connectivity index (χ1v) is 17.6. The fourth-order valence-electron chi connectivity index (χ4n) is 9.64. The molecule has 2 aromatic rings. The summed E-state index contributed by atoms with van der Waals surface area (Å²) in [5.74, 6) is 0. The third-order valence-electron chi connectivity index (χ3n) is 12.9. The minimum absolute atomic E-state index is 0. The summed E-state index contributed by atoms with van der Waals surface area (Å²) in [6.07, 6.45) is 12.5. The van der Waals surface area contributed by atoms with Crippen molar-refractivity contribution in [1.29, 1.82) is 0 Å². The van der Waals surface area contributed by atoms with Crippen molar-refractivity contribution in [2.24, 2.45) is 0 Å². The number of fused-ring (bicyclic) bond motifs is 4. The summed E-state index contributed by atoms with van der Waals surface area (Å²) in [4.78, 5) is 2.63. The average molecular weight is 1130 g/mol. The van der Waals surface area contributed by atoms with Gasteiger partial charge in [0.25, 0.3) is 0 Å². The van der Waals surface area contributed by atoms with E-state index in [1.165, 1.54) is 110 Å². The van der Waals surface area contributed by atoms with Crippen molar-refractivity contribution in [3.63, 3.8) is 0 Å². The molecule has 2 saturated heterocycles. The Balaban J connectivity index is 0.00000192. The maximum atomic E-state index is 2.63. The van der Waals surface area contributed by atoms with Crippen LogP contribution < -0.4 is 4.90 Å². The van der Waals surface area contributed by atoms with E-state index in [0.29, 0.717) is 0 Å². The molecule has 0 unspecified atom stereocenters. The van der Waals surface area contributed by atoms with Crippen LogP contribution in [-0.2, 0) is 74.0 Å². The Hall–Kier alpha value is -0.625. The first kappa shape index (κ1) is 39.8. The minimum atomic E-state index is 0. The number of nitrogens with zero attached hydrogens (tertiary/aromatic N) is 4. The normalized spacial score (nSPS) is 22.4. The number of hydrogen-bond acceptors (Lipinski definition) is 1. The van der Waals surface area contributed by atoms with Gasteiger partial charge >= 0.3 is 0 Å². The van der Waals surface area contributed by atoms with E-state index in [1.54, 1.807) is 11.1 Å². The third-order valence-corrected chi connectivity index (χ3v) is 12.9. The first-order chi connectivity index (χ1) is 20.9. The Kier molecular flexibility index (Phi) is 13.8. The van der Waals surface area contributed by atoms with Gasteiger partial charge in [-0.2, -0.15) is 4.58 Å². The number of hydrogen-bond donors (Lipinski definition) is 0. The van der Waals surface area contributed by atoms with E-state index >= 15 is 0 Å². The van der Waals surface area contributed by atoms with Gasteiger partial charge in [-0.3, -0.25) is 0 Å². The molecular formula is C39H57N4W3+3. The molecule has 0 radical (unpaired) electrons. The molecule has 46 heavy (non-hydrogen) atoms. The predicted molar refractivity (Wildman–Crippen MR) is 183 cm³/mol. The molecular weight excluding hydrogens is 1080 g/mol. The quantitative estimate of drug-likeness (QED) is 0.196. The summed E-state index contributed by atoms with van der Waals surface area (Å²) in [6, 6.07) is 18.6. The van der Waals surface area contributed by atoms with Crippen molar-refractivity contribution < 1.29 is 76.7 Å². The van der Waals surface area contributed by atoms with Gasteiger partial charge < -0.3 is 13.9 Å². The number of anilines is 1. The summed E-state index contributed by atoms with van der Waals surface area (Å²) in [5.41, 5.74) is 9.31. The molecule has 0 amide bonds. The topological polar surface area (TPSA) is 6.25 Å². The van der Waals surface area contributed by atoms with Gasteiger partial charge in [0.1, 0.15) is 6.54 Å². The van der Waals surface area contributed by atoms with Crippen LogP contribution in [-0.4, -0.2) is 84.7 Å². The van der Waals surface area contributed by atoms with E-state index in [-0.39, 0.29) is 74.0 Å². The molecule has 0 N–H and O–H groups in total. The second-order valence-electron chi connectivity index (χ2n) is 13.8. The third kappa shape index (κ3) is 6.28. The zero-order chi connectivity index (χ0) is 30.3. The number of likely N-dealkylation sites (tertiary alicyclic amines) is 2. The average Bonchev–Trinajstić information content (AvgIpc) is 3.48. The van der Waals surface area contributed by atoms with Gasteiger partial charge in [-0.15, -0.1) is 0 Å². The van der Waals surface area contributed by atoms with Crippen LogP contribution in [0, 0.1) is 0 Å². The predicted octanol–water partition coefficient (Wildman–Crippen LogP) is 7.55. The molecule has 6 rings (SSSR count). The smallest absolute Gasteiger partial charge is 0.209 e. The number of para-hydroxylation sites is 2. The second kappa shape index (κ2) is 15.9. The molecule has 0 bridgehead atoms. The summed E-state index contributed by atoms with van der Waals surface area (Å²) in [7, 11) is 0. The Morgan fingerprint density at radius 1 is 0.674 bits per heavy atom. The number of allylic oxidation sites excluding steroid dienone is 4. The molecule has 0 aromatic heterocycles. The van der Waals surface area contributed by atoms with E-state index in [4.69, 9.17) is 0 Å². The second-order valence-corrected chi connectivity index (χ2v) is 13.8. The van der Waals surface area contributed by atoms with Crippen molar-refractivity contribution in [2.45, 2.75) is 78.1 Å². The number of rotatable bonds is 8. The van der Waals surface area contributed by atoms with Crippen LogP contribution in [0.2, 0.25) is 0 Å². The van der Waals surface area contributed by atoms with Crippen LogP contribution in [0.5, 0.6) is 0 Å². The molecule has 4 nitrogen and oxygen atoms in total. The largest absolute Gasteiger partial charge is 0.344 e. The van der Waals surface area contributed by atoms with Crippen LogP contribution >= 0.6 is 0 Å². The van der Waals surface area contributed by atoms with E-state index in [0.717, 1.165) is 13.1 Å². The van der Waals surface area contributed by atoms with Gasteiger partial charge in [0.15, 0.2) is 5.71 Å². The molecule has 2 aromatic carbocycles. The SMILES string of the molecule is CCN1C(=CC=CC2=[N+](CC)c3ccccc3C23CC[N+](CC)(CC)CC3)C2(CC[N+](CC)(CC)CC2)c2ccccc21.[W].[W].[W]. The minimum Gasteiger partial charge on any atom is -0.344 e. The van der Waals surface area contributed by atoms with Gasteiger partial charge in [0.2, 0.25) is 5.69 Å². The fourth-order valence-corrected chi connectivity index (χ4v) is 9.64. The molecule has 0 saturated carbocycles. The molecule has 4 heterocycles. The first-order valence-electron chi connectivity index (χ1n) is 17.6. The van der Waals surface area contributed by atoms with Gasteiger partial charge in [-0.1, -0.05) is 42.5 Å². The standard InChI is InChI=1S/C39H57N4.3W/c1-7-40-34-20-15-13-18-32(34)38(24-28-42(9-3,10-4)29-25-38)36(40)22-17-23-37-39(26-30-43(11-5,12-6)31-27-39)33-19-14-16-21-35(33)41(37)8-2;;;/h13-23H,7-12,24-31H2,1-6H3;;;/q+3;;;. The van der Waals surface area contributed by atoms with E-state index in [9.17, 15) is 0 Å². The number of benzene rings is 2. The zero-order valence-electron chi connectivity index (χ0n) is 29.3. The molecule has 248 valence electrons. The molecule has 4 aliphatic heterocycles. The number of likely N-dealkylation sites (N-methyl/N-ethyl adjacent to an activating group) is 1. The van der Waals surface area contributed by atoms with Crippen molar-refractivity contribution >= 4 is 17.1 Å². The fraction of sp³-hybridized carbons (Fsp3) is 0.564. The Morgan fingerprint density at radius 3 is 1.70 bits per heavy atom. The zero-order valence-corrected chi connectivity index (χ0v) is 38.1. The van der Waals surface area contributed by atoms with Crippen LogP contribution in [0.1, 0.15) is 78.4 Å². The van der Waals surface area contributed by atoms with Crippen molar-refractivity contribution in [2.75, 3.05) is 70.3 Å². The number of piperidine rings is 2. The van der Waals surface area contributed by atoms with Gasteiger partial charge in [0.05, 0.1) is 57.8 Å². The van der Waals surface area contributed by atoms with E-state index < -0.39 is 0 Å². The van der Waals surface area contributed by atoms with E-state index in [1.807, 2.05) is 0 Å². The maximum absolute atomic E-state index is 2.63. The molecule has 2 spiro atoms. The summed E-state index contributed by atoms with van der Waals surface area (Å²) in [6.45, 7) is 26.3. The molecule has 0 aliphatic carbocycles. The summed E-state index contributed by atoms with van der Waals surface area (Å²) >= 11 is 0. The van der Waals surface area contributed by atoms with Crippen LogP contribution in [0.4, 0.5) is 11.4 Å².